The zero-order chi connectivity index (χ0) is 15.9. The Morgan fingerprint density at radius 3 is 1.90 bits per heavy atom. The fraction of sp³-hybridized carbons (Fsp3) is 0.800. The Kier molecular flexibility index (Phi) is 8.11. The van der Waals surface area contributed by atoms with Crippen molar-refractivity contribution in [3.05, 3.63) is 0 Å². The van der Waals surface area contributed by atoms with Crippen LogP contribution in [0.3, 0.4) is 0 Å². The summed E-state index contributed by atoms with van der Waals surface area (Å²) in [6, 6.07) is -0.600. The van der Waals surface area contributed by atoms with Gasteiger partial charge in [0.2, 0.25) is 11.8 Å². The average molecular weight is 284 g/mol. The molecular weight excluding hydrogens is 256 g/mol. The molecule has 5 heteroatoms. The number of hydrogen-bond acceptors (Lipinski definition) is 3. The van der Waals surface area contributed by atoms with Crippen LogP contribution < -0.4 is 10.6 Å². The number of amides is 2. The third kappa shape index (κ3) is 7.26. The smallest absolute Gasteiger partial charge is 0.243 e. The molecule has 2 unspecified atom stereocenters. The van der Waals surface area contributed by atoms with Gasteiger partial charge in [-0.05, 0) is 25.2 Å². The van der Waals surface area contributed by atoms with Gasteiger partial charge in [0.15, 0.2) is 0 Å². The Balaban J connectivity index is 4.57. The van der Waals surface area contributed by atoms with E-state index in [-0.39, 0.29) is 36.0 Å². The number of carbonyl (C=O) groups excluding carboxylic acids is 3. The first-order valence-corrected chi connectivity index (χ1v) is 7.22. The average Bonchev–Trinajstić information content (AvgIpc) is 2.31. The molecule has 0 radical (unpaired) electrons. The van der Waals surface area contributed by atoms with E-state index in [0.717, 1.165) is 6.42 Å². The van der Waals surface area contributed by atoms with Gasteiger partial charge in [0.25, 0.3) is 0 Å². The Morgan fingerprint density at radius 1 is 0.950 bits per heavy atom. The SMILES string of the molecule is CC(=O)CNC(=O)C(NC(=O)C(C)CC(C)C)C(C)C. The molecule has 0 aromatic carbocycles. The second kappa shape index (κ2) is 8.72. The molecule has 0 bridgehead atoms. The molecule has 2 atom stereocenters. The number of rotatable bonds is 8. The normalized spacial score (nSPS) is 14.0. The lowest BCUT2D eigenvalue weighted by molar-refractivity contribution is -0.132. The van der Waals surface area contributed by atoms with Gasteiger partial charge in [-0.15, -0.1) is 0 Å². The zero-order valence-electron chi connectivity index (χ0n) is 13.4. The molecule has 0 saturated heterocycles. The number of nitrogens with one attached hydrogen (secondary N) is 2. The molecule has 20 heavy (non-hydrogen) atoms. The second-order valence-corrected chi connectivity index (χ2v) is 6.18. The summed E-state index contributed by atoms with van der Waals surface area (Å²) in [6.45, 7) is 11.1. The van der Waals surface area contributed by atoms with E-state index in [1.165, 1.54) is 6.92 Å². The van der Waals surface area contributed by atoms with Gasteiger partial charge in [0, 0.05) is 5.92 Å². The van der Waals surface area contributed by atoms with Crippen LogP contribution in [0.15, 0.2) is 0 Å². The van der Waals surface area contributed by atoms with Gasteiger partial charge in [-0.1, -0.05) is 34.6 Å². The highest BCUT2D eigenvalue weighted by atomic mass is 16.2. The number of hydrogen-bond donors (Lipinski definition) is 2. The molecule has 116 valence electrons. The largest absolute Gasteiger partial charge is 0.347 e. The first-order valence-electron chi connectivity index (χ1n) is 7.22. The van der Waals surface area contributed by atoms with E-state index in [1.807, 2.05) is 20.8 Å². The lowest BCUT2D eigenvalue weighted by Gasteiger charge is -2.23. The van der Waals surface area contributed by atoms with Gasteiger partial charge in [-0.3, -0.25) is 14.4 Å². The fourth-order valence-corrected chi connectivity index (χ4v) is 1.97. The van der Waals surface area contributed by atoms with Gasteiger partial charge < -0.3 is 10.6 Å². The molecule has 2 amide bonds. The van der Waals surface area contributed by atoms with Crippen LogP contribution in [0.1, 0.15) is 48.0 Å². The van der Waals surface area contributed by atoms with Crippen LogP contribution in [-0.2, 0) is 14.4 Å². The highest BCUT2D eigenvalue weighted by molar-refractivity contribution is 5.91. The lowest BCUT2D eigenvalue weighted by atomic mass is 9.96. The Morgan fingerprint density at radius 2 is 1.50 bits per heavy atom. The quantitative estimate of drug-likeness (QED) is 0.709. The van der Waals surface area contributed by atoms with Crippen LogP contribution in [0.2, 0.25) is 0 Å². The van der Waals surface area contributed by atoms with Crippen molar-refractivity contribution in [3.8, 4) is 0 Å². The molecule has 0 aliphatic heterocycles. The van der Waals surface area contributed by atoms with E-state index < -0.39 is 6.04 Å². The van der Waals surface area contributed by atoms with Crippen molar-refractivity contribution < 1.29 is 14.4 Å². The maximum Gasteiger partial charge on any atom is 0.243 e. The molecular formula is C15H28N2O3. The minimum atomic E-state index is -0.600. The van der Waals surface area contributed by atoms with Crippen molar-refractivity contribution in [2.75, 3.05) is 6.54 Å². The zero-order valence-corrected chi connectivity index (χ0v) is 13.4. The molecule has 0 aliphatic rings. The van der Waals surface area contributed by atoms with Crippen molar-refractivity contribution in [1.29, 1.82) is 0 Å². The fourth-order valence-electron chi connectivity index (χ4n) is 1.97. The minimum Gasteiger partial charge on any atom is -0.347 e. The van der Waals surface area contributed by atoms with Crippen molar-refractivity contribution >= 4 is 17.6 Å². The van der Waals surface area contributed by atoms with Gasteiger partial charge in [0.05, 0.1) is 6.54 Å². The number of Topliss-reactive ketones (excluding diaryl/α,β-unsaturated/α-hetero) is 1. The number of carbonyl (C=O) groups is 3. The second-order valence-electron chi connectivity index (χ2n) is 6.18. The molecule has 5 nitrogen and oxygen atoms in total. The van der Waals surface area contributed by atoms with Gasteiger partial charge in [-0.25, -0.2) is 0 Å². The maximum atomic E-state index is 12.1. The third-order valence-corrected chi connectivity index (χ3v) is 3.03. The topological polar surface area (TPSA) is 75.3 Å². The summed E-state index contributed by atoms with van der Waals surface area (Å²) in [5.41, 5.74) is 0. The van der Waals surface area contributed by atoms with E-state index in [1.54, 1.807) is 0 Å². The predicted molar refractivity (Wildman–Crippen MR) is 79.1 cm³/mol. The van der Waals surface area contributed by atoms with Crippen molar-refractivity contribution in [1.82, 2.24) is 10.6 Å². The summed E-state index contributed by atoms with van der Waals surface area (Å²) in [6.07, 6.45) is 0.783. The molecule has 0 aromatic heterocycles. The van der Waals surface area contributed by atoms with Crippen molar-refractivity contribution in [2.24, 2.45) is 17.8 Å². The standard InChI is InChI=1S/C15H28N2O3/c1-9(2)7-11(5)14(19)17-13(10(3)4)15(20)16-8-12(6)18/h9-11,13H,7-8H2,1-6H3,(H,16,20)(H,17,19). The Bertz CT molecular complexity index is 351. The molecule has 0 heterocycles. The molecule has 0 fully saturated rings. The van der Waals surface area contributed by atoms with Crippen LogP contribution in [-0.4, -0.2) is 30.2 Å². The molecule has 0 rings (SSSR count). The van der Waals surface area contributed by atoms with Crippen LogP contribution in [0.4, 0.5) is 0 Å². The van der Waals surface area contributed by atoms with E-state index in [0.29, 0.717) is 5.92 Å². The van der Waals surface area contributed by atoms with Crippen LogP contribution >= 0.6 is 0 Å². The van der Waals surface area contributed by atoms with Crippen LogP contribution in [0.5, 0.6) is 0 Å². The summed E-state index contributed by atoms with van der Waals surface area (Å²) in [5.74, 6) is -0.259. The third-order valence-electron chi connectivity index (χ3n) is 3.03. The summed E-state index contributed by atoms with van der Waals surface area (Å²) in [5, 5.41) is 5.33. The summed E-state index contributed by atoms with van der Waals surface area (Å²) in [7, 11) is 0. The predicted octanol–water partition coefficient (Wildman–Crippen LogP) is 1.51. The van der Waals surface area contributed by atoms with Crippen LogP contribution in [0.25, 0.3) is 0 Å². The van der Waals surface area contributed by atoms with Crippen molar-refractivity contribution in [2.45, 2.75) is 54.0 Å². The first kappa shape index (κ1) is 18.6. The molecule has 0 aliphatic carbocycles. The van der Waals surface area contributed by atoms with E-state index >= 15 is 0 Å². The van der Waals surface area contributed by atoms with Gasteiger partial charge in [0.1, 0.15) is 11.8 Å². The molecule has 2 N–H and O–H groups in total. The molecule has 0 saturated carbocycles. The highest BCUT2D eigenvalue weighted by Gasteiger charge is 2.26. The highest BCUT2D eigenvalue weighted by Crippen LogP contribution is 2.12. The van der Waals surface area contributed by atoms with Gasteiger partial charge in [-0.2, -0.15) is 0 Å². The first-order chi connectivity index (χ1) is 9.15. The van der Waals surface area contributed by atoms with E-state index in [2.05, 4.69) is 24.5 Å². The summed E-state index contributed by atoms with van der Waals surface area (Å²) in [4.78, 5) is 35.0. The van der Waals surface area contributed by atoms with E-state index in [4.69, 9.17) is 0 Å². The van der Waals surface area contributed by atoms with Crippen LogP contribution in [0, 0.1) is 17.8 Å². The minimum absolute atomic E-state index is 0.000524. The van der Waals surface area contributed by atoms with Gasteiger partial charge >= 0.3 is 0 Å². The Hall–Kier alpha value is -1.39. The van der Waals surface area contributed by atoms with Crippen molar-refractivity contribution in [3.63, 3.8) is 0 Å². The monoisotopic (exact) mass is 284 g/mol. The molecule has 0 aromatic rings. The van der Waals surface area contributed by atoms with E-state index in [9.17, 15) is 14.4 Å². The Labute approximate surface area is 121 Å². The maximum absolute atomic E-state index is 12.1. The molecule has 0 spiro atoms. The summed E-state index contributed by atoms with van der Waals surface area (Å²) >= 11 is 0. The lowest BCUT2D eigenvalue weighted by Crippen LogP contribution is -2.51. The number of ketones is 1. The summed E-state index contributed by atoms with van der Waals surface area (Å²) < 4.78 is 0.